The largest absolute Gasteiger partial charge is 0.507 e. The van der Waals surface area contributed by atoms with E-state index in [4.69, 9.17) is 20.0 Å². The van der Waals surface area contributed by atoms with Gasteiger partial charge in [0, 0.05) is 183 Å². The van der Waals surface area contributed by atoms with Crippen LogP contribution in [-0.2, 0) is 82.6 Å². The van der Waals surface area contributed by atoms with Crippen LogP contribution in [0.3, 0.4) is 0 Å². The number of piperazine rings is 2. The van der Waals surface area contributed by atoms with Crippen LogP contribution in [0.2, 0.25) is 0 Å². The summed E-state index contributed by atoms with van der Waals surface area (Å²) in [5.74, 6) is 1.18. The van der Waals surface area contributed by atoms with Gasteiger partial charge in [-0.3, -0.25) is 39.6 Å². The molecule has 0 amide bonds. The number of nitrogens with zero attached hydrogens (tertiary/aromatic N) is 8. The molecule has 2 saturated carbocycles. The Bertz CT molecular complexity index is 2570. The van der Waals surface area contributed by atoms with Crippen LogP contribution in [0, 0.1) is 0 Å². The quantitative estimate of drug-likeness (QED) is 0.136. The van der Waals surface area contributed by atoms with E-state index in [1.807, 2.05) is 24.9 Å². The number of hydrogen-bond acceptors (Lipinski definition) is 12. The molecule has 12 nitrogen and oxygen atoms in total. The number of hydrogen-bond donors (Lipinski definition) is 4. The Kier molecular flexibility index (Phi) is 21.4. The van der Waals surface area contributed by atoms with E-state index in [1.54, 1.807) is 0 Å². The van der Waals surface area contributed by atoms with Gasteiger partial charge in [-0.05, 0) is 93.9 Å². The van der Waals surface area contributed by atoms with Gasteiger partial charge in [0.25, 0.3) is 0 Å². The first-order valence-electron chi connectivity index (χ1n) is 30.2. The minimum Gasteiger partial charge on any atom is -0.507 e. The smallest absolute Gasteiger partial charge is 0.128 e. The summed E-state index contributed by atoms with van der Waals surface area (Å²) < 4.78 is 0. The van der Waals surface area contributed by atoms with Crippen molar-refractivity contribution in [1.82, 2.24) is 19.6 Å². The predicted molar refractivity (Wildman–Crippen MR) is 331 cm³/mol. The third-order valence-corrected chi connectivity index (χ3v) is 17.6. The van der Waals surface area contributed by atoms with Gasteiger partial charge in [-0.15, -0.1) is 0 Å². The minimum absolute atomic E-state index is 0. The molecule has 0 unspecified atom stereocenters. The molecule has 2 aliphatic carbocycles. The second-order valence-corrected chi connectivity index (χ2v) is 28.4. The molecule has 0 radical (unpaired) electrons. The van der Waals surface area contributed by atoms with Gasteiger partial charge in [-0.1, -0.05) is 133 Å². The fourth-order valence-electron chi connectivity index (χ4n) is 12.7. The third kappa shape index (κ3) is 16.1. The molecule has 0 aromatic heterocycles. The Morgan fingerprint density at radius 2 is 0.500 bits per heavy atom. The standard InChI is InChI=1S/C68H96N8O4.2Cr/c1-65(2,3)53-33-45-29-49(61(53)77)37-69-57-17-13-14-18-58(57)70-38-50-31-47(35-55(62(50)78)67(7,8)9)43-75-25-27-76(28-26-75)44-48-32-52(64(80)56(36-48)68(10,11)12)40-72-60-20-16-15-19-59(60)71-39-51-30-46(34-54(63(51)79)66(4,5)6)42-74-23-21-73(41-45)22-24-74;;/h29-40,57-60,77-80H,13-28,41-44H2,1-12H3;;/t57-,58-,59+,60+;;. The number of aliphatic imine (C=N–C) groups is 4. The summed E-state index contributed by atoms with van der Waals surface area (Å²) in [6.07, 6.45) is 15.6. The van der Waals surface area contributed by atoms with Crippen molar-refractivity contribution >= 4 is 24.9 Å². The zero-order valence-corrected chi connectivity index (χ0v) is 54.1. The van der Waals surface area contributed by atoms with Gasteiger partial charge in [-0.25, -0.2) is 0 Å². The van der Waals surface area contributed by atoms with E-state index < -0.39 is 0 Å². The van der Waals surface area contributed by atoms with Crippen molar-refractivity contribution in [2.24, 2.45) is 20.0 Å². The molecule has 4 aromatic rings. The van der Waals surface area contributed by atoms with Crippen LogP contribution in [0.15, 0.2) is 68.5 Å². The summed E-state index contributed by atoms with van der Waals surface area (Å²) in [5.41, 5.74) is 10.3. The monoisotopic (exact) mass is 1190 g/mol. The number of benzene rings is 4. The first-order valence-corrected chi connectivity index (χ1v) is 30.2. The maximum atomic E-state index is 11.9. The van der Waals surface area contributed by atoms with Crippen molar-refractivity contribution in [2.45, 2.75) is 206 Å². The van der Waals surface area contributed by atoms with Crippen LogP contribution in [0.1, 0.15) is 201 Å². The van der Waals surface area contributed by atoms with E-state index in [0.717, 1.165) is 174 Å². The molecule has 0 spiro atoms. The molecule has 12 rings (SSSR count). The van der Waals surface area contributed by atoms with E-state index in [9.17, 15) is 20.4 Å². The summed E-state index contributed by atoms with van der Waals surface area (Å²) in [5, 5.41) is 47.5. The average Bonchev–Trinajstić information content (AvgIpc) is 3.50. The fourth-order valence-corrected chi connectivity index (χ4v) is 12.7. The molecule has 444 valence electrons. The van der Waals surface area contributed by atoms with Crippen molar-refractivity contribution in [2.75, 3.05) is 52.4 Å². The van der Waals surface area contributed by atoms with Crippen LogP contribution in [-0.4, -0.2) is 141 Å². The molecule has 6 aliphatic heterocycles. The molecular weight excluding hydrogens is 1100 g/mol. The Morgan fingerprint density at radius 3 is 0.671 bits per heavy atom. The second-order valence-electron chi connectivity index (χ2n) is 28.4. The van der Waals surface area contributed by atoms with E-state index in [-0.39, 0.29) is 80.5 Å². The maximum Gasteiger partial charge on any atom is 0.128 e. The van der Waals surface area contributed by atoms with Crippen molar-refractivity contribution < 1.29 is 55.1 Å². The summed E-state index contributed by atoms with van der Waals surface area (Å²) in [6, 6.07) is 17.1. The molecule has 12 bridgehead atoms. The van der Waals surface area contributed by atoms with Crippen LogP contribution in [0.4, 0.5) is 0 Å². The topological polar surface area (TPSA) is 143 Å². The molecule has 4 atom stereocenters. The molecule has 8 aliphatic rings. The van der Waals surface area contributed by atoms with E-state index >= 15 is 0 Å². The molecule has 4 N–H and O–H groups in total. The first-order chi connectivity index (χ1) is 37.8. The Labute approximate surface area is 513 Å². The van der Waals surface area contributed by atoms with Crippen molar-refractivity contribution in [1.29, 1.82) is 0 Å². The summed E-state index contributed by atoms with van der Waals surface area (Å²) in [6.45, 7) is 36.3. The Morgan fingerprint density at radius 1 is 0.317 bits per heavy atom. The summed E-state index contributed by atoms with van der Waals surface area (Å²) in [4.78, 5) is 31.0. The van der Waals surface area contributed by atoms with Crippen molar-refractivity contribution in [3.8, 4) is 23.0 Å². The van der Waals surface area contributed by atoms with Gasteiger partial charge in [0.2, 0.25) is 0 Å². The maximum absolute atomic E-state index is 11.9. The number of phenols is 4. The van der Waals surface area contributed by atoms with Crippen LogP contribution >= 0.6 is 0 Å². The van der Waals surface area contributed by atoms with Gasteiger partial charge >= 0.3 is 0 Å². The molecule has 2 saturated heterocycles. The number of phenolic OH excluding ortho intramolecular Hbond substituents is 4. The first kappa shape index (κ1) is 65.2. The fraction of sp³-hybridized carbons (Fsp3) is 0.588. The van der Waals surface area contributed by atoms with E-state index in [0.29, 0.717) is 23.0 Å². The zero-order chi connectivity index (χ0) is 57.3. The normalized spacial score (nSPS) is 25.1. The molecular formula is C68H96Cr2N8O4. The van der Waals surface area contributed by atoms with Crippen LogP contribution in [0.5, 0.6) is 23.0 Å². The van der Waals surface area contributed by atoms with Gasteiger partial charge in [-0.2, -0.15) is 0 Å². The second kappa shape index (κ2) is 26.9. The average molecular weight is 1190 g/mol. The SMILES string of the molecule is CC(C)(C)c1cc2cc(c1O)C=N[C@H]1CCCC[C@@H]1N=Cc1cc(cc(C(C)(C)C)c1O)CN1CCN(CC1)Cc1cc(c(O)c(C(C)(C)C)c1)C=N[C@@H]1CCCC[C@H]1N=Cc1cc(cc(C(C)(C)C)c1O)CN1CCN(CC1)C2.[Cr].[Cr]. The Hall–Kier alpha value is -4.34. The van der Waals surface area contributed by atoms with Gasteiger partial charge in [0.1, 0.15) is 23.0 Å². The molecule has 4 fully saturated rings. The Balaban J connectivity index is 0.00000484. The van der Waals surface area contributed by atoms with Crippen molar-refractivity contribution in [3.05, 3.63) is 115 Å². The van der Waals surface area contributed by atoms with E-state index in [1.165, 1.54) is 22.3 Å². The molecule has 14 heteroatoms. The molecule has 6 heterocycles. The summed E-state index contributed by atoms with van der Waals surface area (Å²) >= 11 is 0. The predicted octanol–water partition coefficient (Wildman–Crippen LogP) is 12.3. The van der Waals surface area contributed by atoms with Crippen LogP contribution < -0.4 is 0 Å². The zero-order valence-electron chi connectivity index (χ0n) is 51.6. The van der Waals surface area contributed by atoms with Crippen LogP contribution in [0.25, 0.3) is 0 Å². The molecule has 82 heavy (non-hydrogen) atoms. The number of rotatable bonds is 0. The third-order valence-electron chi connectivity index (χ3n) is 17.6. The number of aromatic hydroxyl groups is 4. The minimum atomic E-state index is -0.275. The van der Waals surface area contributed by atoms with Gasteiger partial charge < -0.3 is 20.4 Å². The molecule has 4 aromatic carbocycles. The van der Waals surface area contributed by atoms with Crippen molar-refractivity contribution in [3.63, 3.8) is 0 Å². The van der Waals surface area contributed by atoms with E-state index in [2.05, 4.69) is 151 Å². The van der Waals surface area contributed by atoms with Gasteiger partial charge in [0.15, 0.2) is 0 Å². The van der Waals surface area contributed by atoms with Gasteiger partial charge in [0.05, 0.1) is 24.2 Å². The summed E-state index contributed by atoms with van der Waals surface area (Å²) in [7, 11) is 0.